The highest BCUT2D eigenvalue weighted by molar-refractivity contribution is 9.10. The fourth-order valence-corrected chi connectivity index (χ4v) is 0.966. The van der Waals surface area contributed by atoms with Crippen LogP contribution in [0.3, 0.4) is 0 Å². The Morgan fingerprint density at radius 1 is 1.11 bits per heavy atom. The molecule has 0 atom stereocenters. The maximum atomic E-state index is 4.76. The van der Waals surface area contributed by atoms with Gasteiger partial charge in [-0.05, 0) is 24.3 Å². The summed E-state index contributed by atoms with van der Waals surface area (Å²) in [6.45, 7) is 0. The summed E-state index contributed by atoms with van der Waals surface area (Å²) in [6.07, 6.45) is 0. The van der Waals surface area contributed by atoms with Crippen LogP contribution in [-0.2, 0) is 0 Å². The fraction of sp³-hybridized carbons (Fsp3) is 0. The Labute approximate surface area is 70.6 Å². The Balaban J connectivity index is 2.88. The van der Waals surface area contributed by atoms with E-state index in [1.165, 1.54) is 0 Å². The maximum Gasteiger partial charge on any atom is 0.179 e. The zero-order chi connectivity index (χ0) is 6.69. The maximum absolute atomic E-state index is 4.76. The Hall–Kier alpha value is -0.0200. The Morgan fingerprint density at radius 3 is 2.11 bits per heavy atom. The molecule has 1 aromatic rings. The van der Waals surface area contributed by atoms with Gasteiger partial charge in [-0.2, -0.15) is 0 Å². The van der Waals surface area contributed by atoms with Gasteiger partial charge in [0.2, 0.25) is 0 Å². The second-order valence-corrected chi connectivity index (χ2v) is 2.77. The number of hydrogen-bond donors (Lipinski definition) is 0. The molecule has 0 spiro atoms. The monoisotopic (exact) mass is 250 g/mol. The van der Waals surface area contributed by atoms with Gasteiger partial charge in [0.15, 0.2) is 16.3 Å². The molecule has 0 N–H and O–H groups in total. The SMILES string of the molecule is BrOc1ccc(Br)cc1. The van der Waals surface area contributed by atoms with E-state index in [0.717, 1.165) is 10.2 Å². The van der Waals surface area contributed by atoms with Crippen molar-refractivity contribution in [3.05, 3.63) is 28.7 Å². The molecule has 0 aliphatic heterocycles. The third-order valence-electron chi connectivity index (χ3n) is 0.903. The van der Waals surface area contributed by atoms with Crippen LogP contribution in [0.25, 0.3) is 0 Å². The minimum atomic E-state index is 0.804. The van der Waals surface area contributed by atoms with Crippen LogP contribution in [0.15, 0.2) is 28.7 Å². The first-order valence-corrected chi connectivity index (χ1v) is 3.81. The summed E-state index contributed by atoms with van der Waals surface area (Å²) in [5.41, 5.74) is 0. The minimum Gasteiger partial charge on any atom is -0.418 e. The van der Waals surface area contributed by atoms with Crippen molar-refractivity contribution in [2.45, 2.75) is 0 Å². The molecular weight excluding hydrogens is 248 g/mol. The molecule has 0 saturated carbocycles. The first-order valence-electron chi connectivity index (χ1n) is 2.37. The molecule has 0 saturated heterocycles. The molecule has 0 aliphatic rings. The van der Waals surface area contributed by atoms with Crippen LogP contribution in [0.1, 0.15) is 0 Å². The van der Waals surface area contributed by atoms with Crippen molar-refractivity contribution in [1.82, 2.24) is 0 Å². The first kappa shape index (κ1) is 7.09. The van der Waals surface area contributed by atoms with E-state index >= 15 is 0 Å². The molecule has 0 radical (unpaired) electrons. The lowest BCUT2D eigenvalue weighted by atomic mass is 10.3. The van der Waals surface area contributed by atoms with Crippen LogP contribution in [0.2, 0.25) is 0 Å². The Morgan fingerprint density at radius 2 is 1.67 bits per heavy atom. The van der Waals surface area contributed by atoms with Gasteiger partial charge in [0.25, 0.3) is 0 Å². The lowest BCUT2D eigenvalue weighted by Crippen LogP contribution is -1.70. The highest BCUT2D eigenvalue weighted by Gasteiger charge is 1.88. The summed E-state index contributed by atoms with van der Waals surface area (Å²) in [7, 11) is 0. The van der Waals surface area contributed by atoms with Gasteiger partial charge in [0.1, 0.15) is 5.75 Å². The van der Waals surface area contributed by atoms with Gasteiger partial charge in [0.05, 0.1) is 0 Å². The van der Waals surface area contributed by atoms with Gasteiger partial charge in [-0.3, -0.25) is 0 Å². The average molecular weight is 252 g/mol. The van der Waals surface area contributed by atoms with Gasteiger partial charge in [-0.25, -0.2) is 0 Å². The standard InChI is InChI=1S/C6H4Br2O/c7-5-1-3-6(9-8)4-2-5/h1-4H. The summed E-state index contributed by atoms with van der Waals surface area (Å²) < 4.78 is 5.81. The van der Waals surface area contributed by atoms with E-state index in [9.17, 15) is 0 Å². The third kappa shape index (κ3) is 1.99. The second kappa shape index (κ2) is 3.22. The van der Waals surface area contributed by atoms with Crippen LogP contribution >= 0.6 is 32.2 Å². The zero-order valence-corrected chi connectivity index (χ0v) is 7.65. The molecule has 0 aromatic heterocycles. The molecule has 1 nitrogen and oxygen atoms in total. The Bertz CT molecular complexity index is 183. The normalized spacial score (nSPS) is 9.11. The van der Waals surface area contributed by atoms with Gasteiger partial charge >= 0.3 is 0 Å². The molecule has 1 rings (SSSR count). The number of benzene rings is 1. The van der Waals surface area contributed by atoms with Crippen molar-refractivity contribution in [2.75, 3.05) is 0 Å². The van der Waals surface area contributed by atoms with E-state index in [1.807, 2.05) is 24.3 Å². The molecule has 0 aliphatic carbocycles. The number of hydrogen-bond acceptors (Lipinski definition) is 1. The highest BCUT2D eigenvalue weighted by atomic mass is 79.9. The molecular formula is C6H4Br2O. The third-order valence-corrected chi connectivity index (χ3v) is 1.81. The van der Waals surface area contributed by atoms with Crippen molar-refractivity contribution < 1.29 is 3.83 Å². The molecule has 9 heavy (non-hydrogen) atoms. The summed E-state index contributed by atoms with van der Waals surface area (Å²) in [5, 5.41) is 0. The lowest BCUT2D eigenvalue weighted by Gasteiger charge is -1.93. The van der Waals surface area contributed by atoms with Gasteiger partial charge in [-0.15, -0.1) is 0 Å². The molecule has 0 unspecified atom stereocenters. The second-order valence-electron chi connectivity index (χ2n) is 1.53. The zero-order valence-electron chi connectivity index (χ0n) is 4.47. The molecule has 1 aromatic carbocycles. The van der Waals surface area contributed by atoms with Crippen LogP contribution in [0, 0.1) is 0 Å². The largest absolute Gasteiger partial charge is 0.418 e. The molecule has 48 valence electrons. The average Bonchev–Trinajstić information content (AvgIpc) is 1.90. The molecule has 0 fully saturated rings. The van der Waals surface area contributed by atoms with Crippen molar-refractivity contribution >= 4 is 32.2 Å². The van der Waals surface area contributed by atoms with Crippen molar-refractivity contribution in [2.24, 2.45) is 0 Å². The topological polar surface area (TPSA) is 9.23 Å². The summed E-state index contributed by atoms with van der Waals surface area (Å²) in [4.78, 5) is 0. The highest BCUT2D eigenvalue weighted by Crippen LogP contribution is 2.16. The van der Waals surface area contributed by atoms with Crippen LogP contribution < -0.4 is 3.83 Å². The van der Waals surface area contributed by atoms with Gasteiger partial charge in [-0.1, -0.05) is 15.9 Å². The molecule has 0 heterocycles. The fourth-order valence-electron chi connectivity index (χ4n) is 0.486. The smallest absolute Gasteiger partial charge is 0.179 e. The van der Waals surface area contributed by atoms with E-state index in [2.05, 4.69) is 32.2 Å². The summed E-state index contributed by atoms with van der Waals surface area (Å²) in [6, 6.07) is 7.55. The van der Waals surface area contributed by atoms with E-state index in [1.54, 1.807) is 0 Å². The van der Waals surface area contributed by atoms with Gasteiger partial charge < -0.3 is 3.83 Å². The van der Waals surface area contributed by atoms with Crippen LogP contribution in [-0.4, -0.2) is 0 Å². The number of halogens is 2. The van der Waals surface area contributed by atoms with E-state index < -0.39 is 0 Å². The quantitative estimate of drug-likeness (QED) is 0.745. The first-order chi connectivity index (χ1) is 4.33. The molecule has 0 bridgehead atoms. The van der Waals surface area contributed by atoms with Crippen LogP contribution in [0.4, 0.5) is 0 Å². The van der Waals surface area contributed by atoms with Crippen LogP contribution in [0.5, 0.6) is 5.75 Å². The summed E-state index contributed by atoms with van der Waals surface area (Å²) >= 11 is 6.17. The van der Waals surface area contributed by atoms with Crippen molar-refractivity contribution in [3.63, 3.8) is 0 Å². The van der Waals surface area contributed by atoms with E-state index in [4.69, 9.17) is 3.83 Å². The lowest BCUT2D eigenvalue weighted by molar-refractivity contribution is 0.678. The summed E-state index contributed by atoms with van der Waals surface area (Å²) in [5.74, 6) is 0.804. The Kier molecular flexibility index (Phi) is 2.54. The minimum absolute atomic E-state index is 0.804. The van der Waals surface area contributed by atoms with Crippen molar-refractivity contribution in [1.29, 1.82) is 0 Å². The van der Waals surface area contributed by atoms with Crippen molar-refractivity contribution in [3.8, 4) is 5.75 Å². The predicted molar refractivity (Wildman–Crippen MR) is 43.7 cm³/mol. The van der Waals surface area contributed by atoms with E-state index in [-0.39, 0.29) is 0 Å². The van der Waals surface area contributed by atoms with E-state index in [0.29, 0.717) is 0 Å². The molecule has 0 amide bonds. The number of rotatable bonds is 1. The molecule has 3 heteroatoms. The van der Waals surface area contributed by atoms with Gasteiger partial charge in [0, 0.05) is 4.47 Å². The predicted octanol–water partition coefficient (Wildman–Crippen LogP) is 3.14.